The molecule has 0 spiro atoms. The van der Waals surface area contributed by atoms with E-state index in [9.17, 15) is 9.90 Å². The third-order valence-corrected chi connectivity index (χ3v) is 7.51. The number of anilines is 2. The van der Waals surface area contributed by atoms with Crippen molar-refractivity contribution in [3.8, 4) is 0 Å². The first-order chi connectivity index (χ1) is 15.5. The van der Waals surface area contributed by atoms with Crippen LogP contribution >= 0.6 is 11.3 Å². The number of aryl methyl sites for hydroxylation is 2. The van der Waals surface area contributed by atoms with Crippen LogP contribution in [0.1, 0.15) is 17.5 Å². The molecule has 0 aliphatic carbocycles. The lowest BCUT2D eigenvalue weighted by Crippen LogP contribution is -3.00. The van der Waals surface area contributed by atoms with E-state index in [4.69, 9.17) is 9.72 Å². The molecule has 2 aromatic carbocycles. The molecule has 0 bridgehead atoms. The van der Waals surface area contributed by atoms with Gasteiger partial charge in [0.2, 0.25) is 11.3 Å². The van der Waals surface area contributed by atoms with Crippen LogP contribution in [0.15, 0.2) is 24.3 Å². The van der Waals surface area contributed by atoms with Crippen molar-refractivity contribution in [3.05, 3.63) is 35.4 Å². The van der Waals surface area contributed by atoms with Crippen molar-refractivity contribution in [1.29, 1.82) is 0 Å². The van der Waals surface area contributed by atoms with Gasteiger partial charge in [0.15, 0.2) is 0 Å². The highest BCUT2D eigenvalue weighted by Gasteiger charge is 2.23. The summed E-state index contributed by atoms with van der Waals surface area (Å²) in [5.74, 6) is 0. The van der Waals surface area contributed by atoms with Crippen molar-refractivity contribution >= 4 is 49.2 Å². The Morgan fingerprint density at radius 2 is 1.45 bits per heavy atom. The number of hydrogen-bond acceptors (Lipinski definition) is 5. The summed E-state index contributed by atoms with van der Waals surface area (Å²) in [6, 6.07) is 8.94. The second-order valence-corrected chi connectivity index (χ2v) is 9.73. The van der Waals surface area contributed by atoms with Gasteiger partial charge >= 0.3 is 6.09 Å². The summed E-state index contributed by atoms with van der Waals surface area (Å²) in [7, 11) is 0. The third-order valence-electron chi connectivity index (χ3n) is 6.45. The number of aromatic nitrogens is 1. The lowest BCUT2D eigenvalue weighted by atomic mass is 10.1. The highest BCUT2D eigenvalue weighted by molar-refractivity contribution is 7.24. The predicted molar refractivity (Wildman–Crippen MR) is 130 cm³/mol. The van der Waals surface area contributed by atoms with Gasteiger partial charge in [-0.3, -0.25) is 0 Å². The topological polar surface area (TPSA) is 69.1 Å². The van der Waals surface area contributed by atoms with Gasteiger partial charge in [0.05, 0.1) is 13.2 Å². The van der Waals surface area contributed by atoms with E-state index in [0.717, 1.165) is 61.6 Å². The van der Waals surface area contributed by atoms with E-state index in [2.05, 4.69) is 47.9 Å². The largest absolute Gasteiger partial charge is 1.00 e. The summed E-state index contributed by atoms with van der Waals surface area (Å²) >= 11 is 1.79. The minimum atomic E-state index is -0.828. The number of benzene rings is 2. The van der Waals surface area contributed by atoms with Crippen molar-refractivity contribution in [2.45, 2.75) is 20.3 Å². The second-order valence-electron chi connectivity index (χ2n) is 8.64. The highest BCUT2D eigenvalue weighted by atomic mass is 127. The molecule has 1 amide bonds. The molecule has 2 fully saturated rings. The quantitative estimate of drug-likeness (QED) is 0.281. The maximum atomic E-state index is 11.4. The van der Waals surface area contributed by atoms with E-state index in [1.165, 1.54) is 25.6 Å². The minimum Gasteiger partial charge on any atom is -1.00 e. The Kier molecular flexibility index (Phi) is 7.40. The molecule has 5 rings (SSSR count). The molecule has 3 heterocycles. The molecule has 1 N–H and O–H groups in total. The maximum Gasteiger partial charge on any atom is 0.407 e. The molecule has 2 aliphatic rings. The van der Waals surface area contributed by atoms with Gasteiger partial charge in [-0.15, -0.1) is 0 Å². The Morgan fingerprint density at radius 3 is 2.03 bits per heavy atom. The summed E-state index contributed by atoms with van der Waals surface area (Å²) in [5.41, 5.74) is 6.88. The fourth-order valence-corrected chi connectivity index (χ4v) is 5.89. The van der Waals surface area contributed by atoms with Crippen LogP contribution in [0.4, 0.5) is 16.2 Å². The maximum absolute atomic E-state index is 11.4. The van der Waals surface area contributed by atoms with E-state index < -0.39 is 6.09 Å². The van der Waals surface area contributed by atoms with Crippen LogP contribution < -0.4 is 33.8 Å². The molecule has 1 aromatic heterocycles. The number of fused-ring (bicyclic) bond motifs is 2. The first-order valence-electron chi connectivity index (χ1n) is 11.2. The monoisotopic (exact) mass is 580 g/mol. The van der Waals surface area contributed by atoms with Crippen molar-refractivity contribution in [2.75, 3.05) is 62.3 Å². The Hall–Kier alpha value is -1.98. The second kappa shape index (κ2) is 10.1. The van der Waals surface area contributed by atoms with E-state index in [0.29, 0.717) is 19.6 Å². The van der Waals surface area contributed by atoms with Crippen LogP contribution in [0.3, 0.4) is 0 Å². The number of nitrogens with zero attached hydrogens (tertiary/aromatic N) is 4. The first-order valence-corrected chi connectivity index (χ1v) is 12.1. The van der Waals surface area contributed by atoms with E-state index in [1.807, 2.05) is 0 Å². The average Bonchev–Trinajstić information content (AvgIpc) is 3.05. The van der Waals surface area contributed by atoms with Crippen LogP contribution in [-0.4, -0.2) is 73.6 Å². The van der Waals surface area contributed by atoms with Crippen molar-refractivity contribution < 1.29 is 38.6 Å². The minimum absolute atomic E-state index is 0. The summed E-state index contributed by atoms with van der Waals surface area (Å²) < 4.78 is 7.89. The zero-order valence-corrected chi connectivity index (χ0v) is 22.0. The third kappa shape index (κ3) is 4.95. The molecule has 0 unspecified atom stereocenters. The smallest absolute Gasteiger partial charge is 0.407 e. The molecule has 2 aliphatic heterocycles. The molecule has 176 valence electrons. The molecule has 0 saturated carbocycles. The molecule has 2 saturated heterocycles. The van der Waals surface area contributed by atoms with Crippen molar-refractivity contribution in [3.63, 3.8) is 0 Å². The first kappa shape index (κ1) is 24.2. The zero-order chi connectivity index (χ0) is 22.2. The highest BCUT2D eigenvalue weighted by Crippen LogP contribution is 2.35. The van der Waals surface area contributed by atoms with Crippen LogP contribution in [0.25, 0.3) is 20.4 Å². The molecular weight excluding hydrogens is 551 g/mol. The number of carboxylic acid groups (broad SMARTS) is 1. The normalized spacial score (nSPS) is 17.2. The molecule has 3 aromatic rings. The van der Waals surface area contributed by atoms with Gasteiger partial charge in [0, 0.05) is 62.8 Å². The van der Waals surface area contributed by atoms with Crippen molar-refractivity contribution in [2.24, 2.45) is 0 Å². The Morgan fingerprint density at radius 1 is 0.879 bits per heavy atom. The van der Waals surface area contributed by atoms with Gasteiger partial charge in [-0.25, -0.2) is 9.78 Å². The van der Waals surface area contributed by atoms with E-state index in [-0.39, 0.29) is 24.0 Å². The Balaban J connectivity index is 0.00000259. The summed E-state index contributed by atoms with van der Waals surface area (Å²) in [4.78, 5) is 22.6. The zero-order valence-electron chi connectivity index (χ0n) is 19.0. The number of ether oxygens (including phenoxy) is 1. The standard InChI is InChI=1S/C24H28N4O3S.HI/c1-16-12-18(26-4-3-5-28(7-6-26)24(29)30)14-20-22(16)25-23-17(2)13-19(15-21(23)32-20)27-8-10-31-11-9-27;/h12-15H,3-11H2,1-2H3;1H. The van der Waals surface area contributed by atoms with Gasteiger partial charge in [0.25, 0.3) is 9.40 Å². The van der Waals surface area contributed by atoms with Crippen LogP contribution in [0.5, 0.6) is 0 Å². The molecule has 0 atom stereocenters. The fraction of sp³-hybridized carbons (Fsp3) is 0.458. The molecular formula is C24H29IN4O3S. The molecule has 33 heavy (non-hydrogen) atoms. The van der Waals surface area contributed by atoms with Gasteiger partial charge in [-0.2, -0.15) is 0 Å². The average molecular weight is 580 g/mol. The van der Waals surface area contributed by atoms with Gasteiger partial charge in [-0.05, 0) is 43.5 Å². The van der Waals surface area contributed by atoms with Crippen LogP contribution in [0, 0.1) is 13.8 Å². The lowest BCUT2D eigenvalue weighted by Gasteiger charge is -2.28. The van der Waals surface area contributed by atoms with Crippen molar-refractivity contribution in [1.82, 2.24) is 9.88 Å². The molecule has 9 heteroatoms. The van der Waals surface area contributed by atoms with E-state index >= 15 is 0 Å². The number of morpholine rings is 1. The van der Waals surface area contributed by atoms with Gasteiger partial charge in [0.1, 0.15) is 11.0 Å². The van der Waals surface area contributed by atoms with Crippen LogP contribution in [0.2, 0.25) is 0 Å². The number of carbonyl (C=O) groups is 1. The number of hydrogen-bond donors (Lipinski definition) is 1. The predicted octanol–water partition coefficient (Wildman–Crippen LogP) is 1.38. The summed E-state index contributed by atoms with van der Waals surface area (Å²) in [5, 5.41) is 9.34. The summed E-state index contributed by atoms with van der Waals surface area (Å²) in [6.45, 7) is 10.4. The molecule has 0 radical (unpaired) electrons. The van der Waals surface area contributed by atoms with Gasteiger partial charge < -0.3 is 48.5 Å². The number of halogens is 1. The fourth-order valence-electron chi connectivity index (χ4n) is 4.68. The number of rotatable bonds is 2. The molecule has 7 nitrogen and oxygen atoms in total. The Labute approximate surface area is 215 Å². The summed E-state index contributed by atoms with van der Waals surface area (Å²) in [6.07, 6.45) is 0.0103. The number of amides is 1. The van der Waals surface area contributed by atoms with Gasteiger partial charge in [-0.1, -0.05) is 0 Å². The van der Waals surface area contributed by atoms with Crippen LogP contribution in [-0.2, 0) is 4.74 Å². The Bertz CT molecular complexity index is 1190. The SMILES string of the molecule is Cc1cc(N2CCOCC2)cc2[s+]c3cc(N4CCCN(C(=O)O)CC4)cc(C)c3nc12.[I-]. The lowest BCUT2D eigenvalue weighted by molar-refractivity contribution is -0.0000143. The van der Waals surface area contributed by atoms with E-state index in [1.54, 1.807) is 11.3 Å².